The standard InChI is InChI=1S/C30H52O3/c1-19(9-12-25(32)27(4,5)33)20-13-17-30(8)22-10-11-23-26(2,3)24(31)15-16-28(23,6)21(22)14-18-29(20,30)7/h14,19-20,22-25,31-33H,9-13,15-18H2,1-8H3/t19-,20-,22-,23+,24+,25-,28-,29-,30+/m1/s1. The van der Waals surface area contributed by atoms with E-state index >= 15 is 0 Å². The molecule has 0 amide bonds. The van der Waals surface area contributed by atoms with E-state index in [0.717, 1.165) is 19.3 Å². The average molecular weight is 461 g/mol. The topological polar surface area (TPSA) is 60.7 Å². The lowest BCUT2D eigenvalue weighted by Crippen LogP contribution is -2.57. The van der Waals surface area contributed by atoms with E-state index in [4.69, 9.17) is 0 Å². The Morgan fingerprint density at radius 1 is 0.970 bits per heavy atom. The van der Waals surface area contributed by atoms with Crippen molar-refractivity contribution in [3.63, 3.8) is 0 Å². The number of aliphatic hydroxyl groups excluding tert-OH is 2. The maximum absolute atomic E-state index is 10.8. The number of fused-ring (bicyclic) bond motifs is 5. The number of rotatable bonds is 5. The lowest BCUT2D eigenvalue weighted by molar-refractivity contribution is -0.118. The van der Waals surface area contributed by atoms with Gasteiger partial charge in [-0.1, -0.05) is 53.2 Å². The van der Waals surface area contributed by atoms with Crippen molar-refractivity contribution in [3.8, 4) is 0 Å². The zero-order valence-electron chi connectivity index (χ0n) is 22.7. The van der Waals surface area contributed by atoms with Crippen LogP contribution in [0.2, 0.25) is 0 Å². The van der Waals surface area contributed by atoms with Crippen LogP contribution in [0.3, 0.4) is 0 Å². The van der Waals surface area contributed by atoms with Crippen molar-refractivity contribution in [1.82, 2.24) is 0 Å². The van der Waals surface area contributed by atoms with Crippen molar-refractivity contribution >= 4 is 0 Å². The molecule has 190 valence electrons. The highest BCUT2D eigenvalue weighted by molar-refractivity contribution is 5.32. The second kappa shape index (κ2) is 8.07. The predicted molar refractivity (Wildman–Crippen MR) is 136 cm³/mol. The minimum atomic E-state index is -1.02. The largest absolute Gasteiger partial charge is 0.393 e. The molecule has 9 atom stereocenters. The summed E-state index contributed by atoms with van der Waals surface area (Å²) in [6, 6.07) is 0. The summed E-state index contributed by atoms with van der Waals surface area (Å²) in [4.78, 5) is 0. The summed E-state index contributed by atoms with van der Waals surface area (Å²) >= 11 is 0. The Labute approximate surface area is 203 Å². The van der Waals surface area contributed by atoms with Gasteiger partial charge in [0.25, 0.3) is 0 Å². The van der Waals surface area contributed by atoms with Crippen LogP contribution in [0.5, 0.6) is 0 Å². The van der Waals surface area contributed by atoms with Crippen LogP contribution in [0.15, 0.2) is 11.6 Å². The van der Waals surface area contributed by atoms with Crippen LogP contribution in [0, 0.1) is 45.3 Å². The minimum Gasteiger partial charge on any atom is -0.393 e. The summed E-state index contributed by atoms with van der Waals surface area (Å²) < 4.78 is 0. The molecule has 0 bridgehead atoms. The van der Waals surface area contributed by atoms with Gasteiger partial charge >= 0.3 is 0 Å². The molecule has 0 heterocycles. The molecule has 0 unspecified atom stereocenters. The second-order valence-electron chi connectivity index (χ2n) is 14.5. The molecular weight excluding hydrogens is 408 g/mol. The Morgan fingerprint density at radius 2 is 1.64 bits per heavy atom. The molecule has 0 aromatic rings. The molecule has 3 heteroatoms. The number of hydrogen-bond donors (Lipinski definition) is 3. The van der Waals surface area contributed by atoms with E-state index in [1.807, 2.05) is 0 Å². The Kier molecular flexibility index (Phi) is 6.28. The van der Waals surface area contributed by atoms with Crippen LogP contribution in [0.4, 0.5) is 0 Å². The van der Waals surface area contributed by atoms with E-state index in [1.54, 1.807) is 19.4 Å². The molecule has 3 fully saturated rings. The average Bonchev–Trinajstić information content (AvgIpc) is 3.00. The molecule has 3 saturated carbocycles. The number of aliphatic hydroxyl groups is 3. The van der Waals surface area contributed by atoms with E-state index in [9.17, 15) is 15.3 Å². The summed E-state index contributed by atoms with van der Waals surface area (Å²) in [6.07, 6.45) is 11.8. The van der Waals surface area contributed by atoms with Crippen molar-refractivity contribution in [2.75, 3.05) is 0 Å². The van der Waals surface area contributed by atoms with Crippen molar-refractivity contribution in [1.29, 1.82) is 0 Å². The lowest BCUT2D eigenvalue weighted by Gasteiger charge is -2.64. The van der Waals surface area contributed by atoms with E-state index in [2.05, 4.69) is 47.6 Å². The van der Waals surface area contributed by atoms with Gasteiger partial charge in [-0.05, 0) is 117 Å². The third-order valence-corrected chi connectivity index (χ3v) is 12.3. The highest BCUT2D eigenvalue weighted by Crippen LogP contribution is 2.73. The molecule has 33 heavy (non-hydrogen) atoms. The second-order valence-corrected chi connectivity index (χ2v) is 14.5. The molecule has 4 aliphatic carbocycles. The zero-order valence-corrected chi connectivity index (χ0v) is 22.7. The Balaban J connectivity index is 1.59. The summed E-state index contributed by atoms with van der Waals surface area (Å²) in [7, 11) is 0. The fraction of sp³-hybridized carbons (Fsp3) is 0.933. The molecule has 0 spiro atoms. The SMILES string of the molecule is C[C@H](CC[C@@H](O)C(C)(C)O)[C@H]1CC[C@@]2(C)[C@@H]3CC[C@H]4C(C)(C)[C@@H](O)CC[C@]4(C)C3=CC[C@]12C. The normalized spacial score (nSPS) is 46.6. The van der Waals surface area contributed by atoms with Gasteiger partial charge in [-0.3, -0.25) is 0 Å². The molecule has 4 rings (SSSR count). The van der Waals surface area contributed by atoms with Crippen LogP contribution < -0.4 is 0 Å². The molecule has 3 N–H and O–H groups in total. The van der Waals surface area contributed by atoms with Gasteiger partial charge in [0.05, 0.1) is 17.8 Å². The Hall–Kier alpha value is -0.380. The quantitative estimate of drug-likeness (QED) is 0.410. The molecule has 0 saturated heterocycles. The van der Waals surface area contributed by atoms with Gasteiger partial charge < -0.3 is 15.3 Å². The first-order valence-corrected chi connectivity index (χ1v) is 13.9. The zero-order chi connectivity index (χ0) is 24.6. The molecule has 0 radical (unpaired) electrons. The number of hydrogen-bond acceptors (Lipinski definition) is 3. The lowest BCUT2D eigenvalue weighted by atomic mass is 9.41. The van der Waals surface area contributed by atoms with Crippen LogP contribution in [-0.4, -0.2) is 33.1 Å². The van der Waals surface area contributed by atoms with E-state index in [1.165, 1.54) is 32.1 Å². The third kappa shape index (κ3) is 3.70. The molecule has 0 aromatic heterocycles. The van der Waals surface area contributed by atoms with Crippen LogP contribution in [-0.2, 0) is 0 Å². The van der Waals surface area contributed by atoms with Crippen molar-refractivity contribution in [3.05, 3.63) is 11.6 Å². The Bertz CT molecular complexity index is 778. The van der Waals surface area contributed by atoms with Gasteiger partial charge in [-0.25, -0.2) is 0 Å². The first kappa shape index (κ1) is 25.7. The van der Waals surface area contributed by atoms with E-state index in [-0.39, 0.29) is 16.9 Å². The van der Waals surface area contributed by atoms with Gasteiger partial charge in [-0.2, -0.15) is 0 Å². The highest BCUT2D eigenvalue weighted by atomic mass is 16.3. The summed E-state index contributed by atoms with van der Waals surface area (Å²) in [5.74, 6) is 2.47. The fourth-order valence-electron chi connectivity index (χ4n) is 9.65. The Morgan fingerprint density at radius 3 is 2.27 bits per heavy atom. The van der Waals surface area contributed by atoms with Gasteiger partial charge in [-0.15, -0.1) is 0 Å². The van der Waals surface area contributed by atoms with Gasteiger partial charge in [0.2, 0.25) is 0 Å². The maximum atomic E-state index is 10.8. The smallest absolute Gasteiger partial charge is 0.0849 e. The summed E-state index contributed by atoms with van der Waals surface area (Å²) in [5.41, 5.74) is 1.58. The maximum Gasteiger partial charge on any atom is 0.0849 e. The van der Waals surface area contributed by atoms with Gasteiger partial charge in [0.1, 0.15) is 0 Å². The van der Waals surface area contributed by atoms with Crippen molar-refractivity contribution < 1.29 is 15.3 Å². The molecule has 0 aliphatic heterocycles. The monoisotopic (exact) mass is 460 g/mol. The predicted octanol–water partition coefficient (Wildman–Crippen LogP) is 6.50. The fourth-order valence-corrected chi connectivity index (χ4v) is 9.65. The number of allylic oxidation sites excluding steroid dienone is 2. The van der Waals surface area contributed by atoms with Crippen LogP contribution in [0.25, 0.3) is 0 Å². The van der Waals surface area contributed by atoms with E-state index < -0.39 is 11.7 Å². The van der Waals surface area contributed by atoms with Gasteiger partial charge in [0, 0.05) is 0 Å². The third-order valence-electron chi connectivity index (χ3n) is 12.3. The van der Waals surface area contributed by atoms with Gasteiger partial charge in [0.15, 0.2) is 0 Å². The highest BCUT2D eigenvalue weighted by Gasteiger charge is 2.65. The van der Waals surface area contributed by atoms with E-state index in [0.29, 0.717) is 40.9 Å². The summed E-state index contributed by atoms with van der Waals surface area (Å²) in [6.45, 7) is 18.1. The van der Waals surface area contributed by atoms with Crippen LogP contribution in [0.1, 0.15) is 113 Å². The molecule has 3 nitrogen and oxygen atoms in total. The van der Waals surface area contributed by atoms with Crippen molar-refractivity contribution in [2.45, 2.75) is 131 Å². The minimum absolute atomic E-state index is 0.00545. The first-order chi connectivity index (χ1) is 15.1. The van der Waals surface area contributed by atoms with Crippen LogP contribution >= 0.6 is 0 Å². The summed E-state index contributed by atoms with van der Waals surface area (Å²) in [5, 5.41) is 31.4. The van der Waals surface area contributed by atoms with Crippen molar-refractivity contribution in [2.24, 2.45) is 45.3 Å². The molecule has 0 aromatic carbocycles. The first-order valence-electron chi connectivity index (χ1n) is 13.9. The molecule has 4 aliphatic rings. The molecular formula is C30H52O3.